The number of nitrogen functional groups attached to an aromatic ring is 1. The lowest BCUT2D eigenvalue weighted by atomic mass is 10.3. The van der Waals surface area contributed by atoms with E-state index >= 15 is 0 Å². The zero-order chi connectivity index (χ0) is 8.59. The van der Waals surface area contributed by atoms with Gasteiger partial charge in [-0.15, -0.1) is 12.4 Å². The van der Waals surface area contributed by atoms with Crippen LogP contribution >= 0.6 is 58.8 Å². The van der Waals surface area contributed by atoms with Crippen LogP contribution in [0.1, 0.15) is 0 Å². The van der Waals surface area contributed by atoms with Crippen molar-refractivity contribution in [3.05, 3.63) is 26.2 Å². The first kappa shape index (κ1) is 12.5. The summed E-state index contributed by atoms with van der Waals surface area (Å²) in [5, 5.41) is 0.963. The van der Waals surface area contributed by atoms with Gasteiger partial charge in [0.15, 0.2) is 0 Å². The van der Waals surface area contributed by atoms with Gasteiger partial charge in [-0.25, -0.2) is 0 Å². The zero-order valence-electron chi connectivity index (χ0n) is 5.57. The Balaban J connectivity index is 0.00000121. The number of nitrogens with two attached hydrogens (primary N) is 1. The van der Waals surface area contributed by atoms with Crippen molar-refractivity contribution < 1.29 is 0 Å². The molecule has 0 aliphatic heterocycles. The van der Waals surface area contributed by atoms with Crippen molar-refractivity contribution >= 4 is 64.5 Å². The molecule has 0 aromatic heterocycles. The molecule has 12 heavy (non-hydrogen) atoms. The summed E-state index contributed by atoms with van der Waals surface area (Å²) in [6.07, 6.45) is 0. The molecule has 0 heterocycles. The van der Waals surface area contributed by atoms with E-state index in [9.17, 15) is 0 Å². The molecule has 1 nitrogen and oxygen atoms in total. The van der Waals surface area contributed by atoms with E-state index in [0.717, 1.165) is 0 Å². The molecule has 0 saturated carbocycles. The summed E-state index contributed by atoms with van der Waals surface area (Å²) in [6, 6.07) is 1.46. The summed E-state index contributed by atoms with van der Waals surface area (Å²) >= 11 is 22.6. The minimum Gasteiger partial charge on any atom is -0.397 e. The second kappa shape index (κ2) is 4.64. The average molecular weight is 267 g/mol. The van der Waals surface area contributed by atoms with Crippen LogP contribution in [0.3, 0.4) is 0 Å². The van der Waals surface area contributed by atoms with Gasteiger partial charge < -0.3 is 5.73 Å². The van der Waals surface area contributed by atoms with E-state index in [0.29, 0.717) is 10.7 Å². The highest BCUT2D eigenvalue weighted by atomic mass is 35.5. The first-order valence-electron chi connectivity index (χ1n) is 2.62. The molecule has 0 saturated heterocycles. The molecule has 0 radical (unpaired) electrons. The summed E-state index contributed by atoms with van der Waals surface area (Å²) < 4.78 is 0. The van der Waals surface area contributed by atoms with Crippen molar-refractivity contribution in [2.75, 3.05) is 5.73 Å². The fourth-order valence-electron chi connectivity index (χ4n) is 0.591. The van der Waals surface area contributed by atoms with E-state index in [2.05, 4.69) is 0 Å². The van der Waals surface area contributed by atoms with Crippen LogP contribution in [0.25, 0.3) is 0 Å². The van der Waals surface area contributed by atoms with Gasteiger partial charge in [0.2, 0.25) is 0 Å². The topological polar surface area (TPSA) is 26.0 Å². The first-order chi connectivity index (χ1) is 5.04. The van der Waals surface area contributed by atoms with Crippen LogP contribution in [0.2, 0.25) is 20.1 Å². The van der Waals surface area contributed by atoms with Gasteiger partial charge in [0.1, 0.15) is 0 Å². The van der Waals surface area contributed by atoms with Crippen LogP contribution in [-0.2, 0) is 0 Å². The lowest BCUT2D eigenvalue weighted by Crippen LogP contribution is -1.87. The summed E-state index contributed by atoms with van der Waals surface area (Å²) in [4.78, 5) is 0. The van der Waals surface area contributed by atoms with E-state index in [1.165, 1.54) is 6.07 Å². The Labute approximate surface area is 96.1 Å². The molecule has 2 N–H and O–H groups in total. The molecule has 0 amide bonds. The zero-order valence-corrected chi connectivity index (χ0v) is 9.42. The van der Waals surface area contributed by atoms with Crippen molar-refractivity contribution in [2.24, 2.45) is 0 Å². The van der Waals surface area contributed by atoms with Crippen molar-refractivity contribution in [3.63, 3.8) is 0 Å². The predicted octanol–water partition coefficient (Wildman–Crippen LogP) is 4.30. The van der Waals surface area contributed by atoms with E-state index in [4.69, 9.17) is 52.1 Å². The smallest absolute Gasteiger partial charge is 0.0837 e. The minimum absolute atomic E-state index is 0. The molecule has 68 valence electrons. The first-order valence-corrected chi connectivity index (χ1v) is 4.13. The predicted molar refractivity (Wildman–Crippen MR) is 58.1 cm³/mol. The Bertz CT molecular complexity index is 272. The fourth-order valence-corrected chi connectivity index (χ4v) is 1.41. The number of halogens is 5. The Morgan fingerprint density at radius 2 is 1.42 bits per heavy atom. The van der Waals surface area contributed by atoms with Crippen molar-refractivity contribution in [1.82, 2.24) is 0 Å². The molecule has 0 fully saturated rings. The molecule has 1 aromatic rings. The molecule has 1 rings (SSSR count). The van der Waals surface area contributed by atoms with Crippen LogP contribution in [-0.4, -0.2) is 0 Å². The molecule has 0 aliphatic rings. The van der Waals surface area contributed by atoms with Gasteiger partial charge in [0, 0.05) is 0 Å². The molecular weight excluding hydrogens is 263 g/mol. The van der Waals surface area contributed by atoms with Crippen LogP contribution < -0.4 is 5.73 Å². The van der Waals surface area contributed by atoms with Gasteiger partial charge in [0.25, 0.3) is 0 Å². The standard InChI is InChI=1S/C6H3Cl4N.ClH/c7-2-1-3(11)5(9)6(10)4(2)8;/h1H,11H2;1H. The maximum atomic E-state index is 5.66. The van der Waals surface area contributed by atoms with Crippen LogP contribution in [0, 0.1) is 0 Å². The number of hydrogen-bond donors (Lipinski definition) is 1. The second-order valence-electron chi connectivity index (χ2n) is 1.89. The fraction of sp³-hybridized carbons (Fsp3) is 0. The molecule has 0 spiro atoms. The van der Waals surface area contributed by atoms with E-state index in [1.54, 1.807) is 0 Å². The van der Waals surface area contributed by atoms with Crippen LogP contribution in [0.15, 0.2) is 6.07 Å². The molecule has 0 aliphatic carbocycles. The molecule has 0 bridgehead atoms. The van der Waals surface area contributed by atoms with Crippen molar-refractivity contribution in [2.45, 2.75) is 0 Å². The quantitative estimate of drug-likeness (QED) is 0.423. The lowest BCUT2D eigenvalue weighted by Gasteiger charge is -2.03. The number of benzene rings is 1. The van der Waals surface area contributed by atoms with Gasteiger partial charge in [-0.2, -0.15) is 0 Å². The van der Waals surface area contributed by atoms with Gasteiger partial charge in [-0.3, -0.25) is 0 Å². The Kier molecular flexibility index (Phi) is 4.82. The SMILES string of the molecule is Cl.Nc1cc(Cl)c(Cl)c(Cl)c1Cl. The van der Waals surface area contributed by atoms with Crippen LogP contribution in [0.5, 0.6) is 0 Å². The normalized spacial score (nSPS) is 9.33. The number of hydrogen-bond acceptors (Lipinski definition) is 1. The summed E-state index contributed by atoms with van der Waals surface area (Å²) in [5.74, 6) is 0. The van der Waals surface area contributed by atoms with E-state index < -0.39 is 0 Å². The van der Waals surface area contributed by atoms with Gasteiger partial charge in [0.05, 0.1) is 25.8 Å². The third-order valence-corrected chi connectivity index (χ3v) is 2.90. The maximum Gasteiger partial charge on any atom is 0.0837 e. The van der Waals surface area contributed by atoms with Gasteiger partial charge in [-0.1, -0.05) is 46.4 Å². The molecule has 0 atom stereocenters. The Morgan fingerprint density at radius 3 is 1.92 bits per heavy atom. The largest absolute Gasteiger partial charge is 0.397 e. The summed E-state index contributed by atoms with van der Waals surface area (Å²) in [5.41, 5.74) is 5.76. The average Bonchev–Trinajstić information content (AvgIpc) is 1.97. The Morgan fingerprint density at radius 1 is 0.917 bits per heavy atom. The number of anilines is 1. The van der Waals surface area contributed by atoms with Gasteiger partial charge >= 0.3 is 0 Å². The highest BCUT2D eigenvalue weighted by molar-refractivity contribution is 6.52. The maximum absolute atomic E-state index is 5.66. The summed E-state index contributed by atoms with van der Waals surface area (Å²) in [7, 11) is 0. The summed E-state index contributed by atoms with van der Waals surface area (Å²) in [6.45, 7) is 0. The molecular formula is C6H4Cl5N. The van der Waals surface area contributed by atoms with Crippen molar-refractivity contribution in [3.8, 4) is 0 Å². The van der Waals surface area contributed by atoms with Crippen LogP contribution in [0.4, 0.5) is 5.69 Å². The second-order valence-corrected chi connectivity index (χ2v) is 3.43. The highest BCUT2D eigenvalue weighted by Gasteiger charge is 2.10. The number of rotatable bonds is 0. The van der Waals surface area contributed by atoms with Gasteiger partial charge in [-0.05, 0) is 6.07 Å². The van der Waals surface area contributed by atoms with E-state index in [1.807, 2.05) is 0 Å². The lowest BCUT2D eigenvalue weighted by molar-refractivity contribution is 1.67. The minimum atomic E-state index is 0. The highest BCUT2D eigenvalue weighted by Crippen LogP contribution is 2.39. The Hall–Kier alpha value is 0.470. The molecule has 1 aromatic carbocycles. The van der Waals surface area contributed by atoms with E-state index in [-0.39, 0.29) is 27.5 Å². The van der Waals surface area contributed by atoms with Crippen molar-refractivity contribution in [1.29, 1.82) is 0 Å². The molecule has 0 unspecified atom stereocenters. The monoisotopic (exact) mass is 265 g/mol. The third kappa shape index (κ3) is 2.24. The third-order valence-electron chi connectivity index (χ3n) is 1.13. The molecule has 6 heteroatoms.